The van der Waals surface area contributed by atoms with Crippen molar-refractivity contribution in [3.8, 4) is 0 Å². The van der Waals surface area contributed by atoms with E-state index in [1.54, 1.807) is 0 Å². The Bertz CT molecular complexity index is 511. The van der Waals surface area contributed by atoms with Gasteiger partial charge in [-0.2, -0.15) is 0 Å². The number of likely N-dealkylation sites (tertiary alicyclic amines) is 1. The SMILES string of the molecule is O=C(O)OC(c1ccc(F)cc1)N1C(=O)CCC1=O. The summed E-state index contributed by atoms with van der Waals surface area (Å²) in [6, 6.07) is 4.72. The van der Waals surface area contributed by atoms with Gasteiger partial charge in [-0.25, -0.2) is 14.1 Å². The minimum atomic E-state index is -1.62. The number of hydrogen-bond donors (Lipinski definition) is 1. The average Bonchev–Trinajstić information content (AvgIpc) is 2.67. The molecule has 1 unspecified atom stereocenters. The van der Waals surface area contributed by atoms with Gasteiger partial charge in [0.25, 0.3) is 0 Å². The normalized spacial score (nSPS) is 16.6. The van der Waals surface area contributed by atoms with Crippen molar-refractivity contribution < 1.29 is 28.6 Å². The van der Waals surface area contributed by atoms with Gasteiger partial charge in [0.05, 0.1) is 0 Å². The molecule has 0 aliphatic carbocycles. The Labute approximate surface area is 107 Å². The number of imide groups is 1. The van der Waals surface area contributed by atoms with Crippen LogP contribution in [0.25, 0.3) is 0 Å². The fraction of sp³-hybridized carbons (Fsp3) is 0.250. The first-order chi connectivity index (χ1) is 8.99. The monoisotopic (exact) mass is 267 g/mol. The van der Waals surface area contributed by atoms with Crippen molar-refractivity contribution in [2.45, 2.75) is 19.1 Å². The Morgan fingerprint density at radius 3 is 2.21 bits per heavy atom. The summed E-state index contributed by atoms with van der Waals surface area (Å²) in [5.74, 6) is -1.54. The molecule has 1 heterocycles. The number of halogens is 1. The molecule has 1 fully saturated rings. The van der Waals surface area contributed by atoms with Crippen LogP contribution < -0.4 is 0 Å². The summed E-state index contributed by atoms with van der Waals surface area (Å²) in [7, 11) is 0. The molecule has 1 saturated heterocycles. The number of carboxylic acid groups (broad SMARTS) is 1. The predicted octanol–water partition coefficient (Wildman–Crippen LogP) is 1.67. The van der Waals surface area contributed by atoms with Gasteiger partial charge in [-0.1, -0.05) is 12.1 Å². The van der Waals surface area contributed by atoms with E-state index in [1.165, 1.54) is 12.1 Å². The highest BCUT2D eigenvalue weighted by Gasteiger charge is 2.38. The van der Waals surface area contributed by atoms with Crippen molar-refractivity contribution in [3.63, 3.8) is 0 Å². The molecule has 19 heavy (non-hydrogen) atoms. The largest absolute Gasteiger partial charge is 0.507 e. The Hall–Kier alpha value is -2.44. The lowest BCUT2D eigenvalue weighted by molar-refractivity contribution is -0.151. The van der Waals surface area contributed by atoms with Gasteiger partial charge in [0, 0.05) is 18.4 Å². The molecule has 0 saturated carbocycles. The molecular weight excluding hydrogens is 257 g/mol. The van der Waals surface area contributed by atoms with E-state index in [4.69, 9.17) is 5.11 Å². The summed E-state index contributed by atoms with van der Waals surface area (Å²) in [5.41, 5.74) is 0.215. The summed E-state index contributed by atoms with van der Waals surface area (Å²) in [6.45, 7) is 0. The van der Waals surface area contributed by atoms with Crippen LogP contribution in [0, 0.1) is 5.82 Å². The van der Waals surface area contributed by atoms with Crippen LogP contribution >= 0.6 is 0 Å². The predicted molar refractivity (Wildman–Crippen MR) is 59.3 cm³/mol. The first-order valence-electron chi connectivity index (χ1n) is 5.49. The quantitative estimate of drug-likeness (QED) is 0.665. The second-order valence-corrected chi connectivity index (χ2v) is 3.95. The Balaban J connectivity index is 2.35. The van der Waals surface area contributed by atoms with E-state index in [-0.39, 0.29) is 18.4 Å². The topological polar surface area (TPSA) is 83.9 Å². The van der Waals surface area contributed by atoms with E-state index < -0.39 is 30.0 Å². The molecule has 1 atom stereocenters. The van der Waals surface area contributed by atoms with Crippen LogP contribution in [0.1, 0.15) is 24.6 Å². The third kappa shape index (κ3) is 2.70. The summed E-state index contributed by atoms with van der Waals surface area (Å²) < 4.78 is 17.4. The standard InChI is InChI=1S/C12H10FNO5/c13-8-3-1-7(2-4-8)11(19-12(17)18)14-9(15)5-6-10(14)16/h1-4,11H,5-6H2,(H,17,18). The first kappa shape index (κ1) is 13.0. The van der Waals surface area contributed by atoms with Crippen LogP contribution in [-0.2, 0) is 14.3 Å². The molecular formula is C12H10FNO5. The van der Waals surface area contributed by atoms with Crippen molar-refractivity contribution in [1.82, 2.24) is 4.90 Å². The lowest BCUT2D eigenvalue weighted by Crippen LogP contribution is -2.36. The van der Waals surface area contributed by atoms with Crippen molar-refractivity contribution in [1.29, 1.82) is 0 Å². The van der Waals surface area contributed by atoms with E-state index in [9.17, 15) is 18.8 Å². The molecule has 1 aromatic carbocycles. The van der Waals surface area contributed by atoms with Gasteiger partial charge in [0.1, 0.15) is 5.82 Å². The smallest absolute Gasteiger partial charge is 0.450 e. The zero-order chi connectivity index (χ0) is 14.0. The van der Waals surface area contributed by atoms with Crippen molar-refractivity contribution in [3.05, 3.63) is 35.6 Å². The lowest BCUT2D eigenvalue weighted by atomic mass is 10.2. The maximum atomic E-state index is 12.8. The van der Waals surface area contributed by atoms with E-state index >= 15 is 0 Å². The minimum Gasteiger partial charge on any atom is -0.450 e. The van der Waals surface area contributed by atoms with E-state index in [0.717, 1.165) is 17.0 Å². The lowest BCUT2D eigenvalue weighted by Gasteiger charge is -2.24. The molecule has 2 rings (SSSR count). The molecule has 7 heteroatoms. The zero-order valence-electron chi connectivity index (χ0n) is 9.71. The number of carbonyl (C=O) groups is 3. The molecule has 6 nitrogen and oxygen atoms in total. The van der Waals surface area contributed by atoms with E-state index in [0.29, 0.717) is 0 Å². The van der Waals surface area contributed by atoms with Crippen molar-refractivity contribution >= 4 is 18.0 Å². The molecule has 1 N–H and O–H groups in total. The van der Waals surface area contributed by atoms with E-state index in [1.807, 2.05) is 0 Å². The third-order valence-corrected chi connectivity index (χ3v) is 2.69. The highest BCUT2D eigenvalue weighted by molar-refractivity contribution is 6.02. The number of hydrogen-bond acceptors (Lipinski definition) is 4. The molecule has 100 valence electrons. The Morgan fingerprint density at radius 1 is 1.21 bits per heavy atom. The molecule has 1 aromatic rings. The van der Waals surface area contributed by atoms with Gasteiger partial charge in [-0.3, -0.25) is 9.59 Å². The number of nitrogens with zero attached hydrogens (tertiary/aromatic N) is 1. The first-order valence-corrected chi connectivity index (χ1v) is 5.49. The van der Waals surface area contributed by atoms with Crippen LogP contribution in [0.4, 0.5) is 9.18 Å². The van der Waals surface area contributed by atoms with Gasteiger partial charge in [-0.05, 0) is 12.1 Å². The summed E-state index contributed by atoms with van der Waals surface area (Å²) >= 11 is 0. The van der Waals surface area contributed by atoms with Crippen LogP contribution in [0.3, 0.4) is 0 Å². The second kappa shape index (κ2) is 5.05. The summed E-state index contributed by atoms with van der Waals surface area (Å²) in [6.07, 6.45) is -2.97. The van der Waals surface area contributed by atoms with Crippen LogP contribution in [0.5, 0.6) is 0 Å². The Kier molecular flexibility index (Phi) is 3.46. The van der Waals surface area contributed by atoms with Crippen LogP contribution in [0.2, 0.25) is 0 Å². The van der Waals surface area contributed by atoms with Gasteiger partial charge < -0.3 is 9.84 Å². The Morgan fingerprint density at radius 2 is 1.74 bits per heavy atom. The van der Waals surface area contributed by atoms with Crippen molar-refractivity contribution in [2.75, 3.05) is 0 Å². The van der Waals surface area contributed by atoms with E-state index in [2.05, 4.69) is 4.74 Å². The van der Waals surface area contributed by atoms with Crippen molar-refractivity contribution in [2.24, 2.45) is 0 Å². The molecule has 1 aliphatic rings. The molecule has 0 spiro atoms. The highest BCUT2D eigenvalue weighted by atomic mass is 19.1. The van der Waals surface area contributed by atoms with Gasteiger partial charge in [-0.15, -0.1) is 0 Å². The summed E-state index contributed by atoms with van der Waals surface area (Å²) in [5, 5.41) is 8.69. The van der Waals surface area contributed by atoms with Crippen LogP contribution in [-0.4, -0.2) is 28.0 Å². The highest BCUT2D eigenvalue weighted by Crippen LogP contribution is 2.28. The van der Waals surface area contributed by atoms with Crippen LogP contribution in [0.15, 0.2) is 24.3 Å². The number of amides is 2. The number of rotatable bonds is 3. The van der Waals surface area contributed by atoms with Gasteiger partial charge >= 0.3 is 6.16 Å². The number of benzene rings is 1. The minimum absolute atomic E-state index is 0.0134. The molecule has 1 aliphatic heterocycles. The molecule has 0 aromatic heterocycles. The number of carbonyl (C=O) groups excluding carboxylic acids is 2. The molecule has 0 radical (unpaired) electrons. The number of ether oxygens (including phenoxy) is 1. The maximum Gasteiger partial charge on any atom is 0.507 e. The zero-order valence-corrected chi connectivity index (χ0v) is 9.71. The fourth-order valence-electron chi connectivity index (χ4n) is 1.85. The second-order valence-electron chi connectivity index (χ2n) is 3.95. The maximum absolute atomic E-state index is 12.8. The molecule has 2 amide bonds. The van der Waals surface area contributed by atoms with Gasteiger partial charge in [0.15, 0.2) is 0 Å². The third-order valence-electron chi connectivity index (χ3n) is 2.69. The fourth-order valence-corrected chi connectivity index (χ4v) is 1.85. The average molecular weight is 267 g/mol. The van der Waals surface area contributed by atoms with Gasteiger partial charge in [0.2, 0.25) is 18.0 Å². The molecule has 0 bridgehead atoms. The summed E-state index contributed by atoms with van der Waals surface area (Å²) in [4.78, 5) is 34.6.